The molecule has 11 heteroatoms. The molecule has 0 aliphatic carbocycles. The van der Waals surface area contributed by atoms with Crippen molar-refractivity contribution in [2.24, 2.45) is 0 Å². The standard InChI is InChI=1S/C25H23F4N3O3S/c1-2-30-14-18(24(34)35)23(33)17-12-19(26)21(13-20(17)30)31-6-8-32(9-7-31)22(36)11-15-4-3-5-16(10-15)25(27,28)29/h3-5,10,12-14H,2,6-9,11H2,1H3,(H,34,35). The third-order valence-corrected chi connectivity index (χ3v) is 6.71. The Hall–Kier alpha value is -3.47. The molecular formula is C25H23F4N3O3S. The van der Waals surface area contributed by atoms with E-state index in [1.165, 1.54) is 12.3 Å². The summed E-state index contributed by atoms with van der Waals surface area (Å²) < 4.78 is 55.6. The van der Waals surface area contributed by atoms with Crippen LogP contribution in [-0.4, -0.2) is 51.7 Å². The monoisotopic (exact) mass is 521 g/mol. The third-order valence-electron chi connectivity index (χ3n) is 6.30. The lowest BCUT2D eigenvalue weighted by Gasteiger charge is -2.37. The summed E-state index contributed by atoms with van der Waals surface area (Å²) in [6.07, 6.45) is -2.97. The van der Waals surface area contributed by atoms with E-state index in [-0.39, 0.29) is 17.5 Å². The molecule has 0 atom stereocenters. The van der Waals surface area contributed by atoms with Gasteiger partial charge in [0.1, 0.15) is 11.4 Å². The molecule has 0 saturated carbocycles. The first-order chi connectivity index (χ1) is 17.0. The predicted molar refractivity (Wildman–Crippen MR) is 132 cm³/mol. The summed E-state index contributed by atoms with van der Waals surface area (Å²) >= 11 is 5.48. The highest BCUT2D eigenvalue weighted by Crippen LogP contribution is 2.30. The van der Waals surface area contributed by atoms with Gasteiger partial charge in [-0.15, -0.1) is 0 Å². The van der Waals surface area contributed by atoms with Gasteiger partial charge in [0, 0.05) is 50.7 Å². The van der Waals surface area contributed by atoms with Gasteiger partial charge in [-0.25, -0.2) is 9.18 Å². The number of thiocarbonyl (C=S) groups is 1. The fourth-order valence-electron chi connectivity index (χ4n) is 4.40. The Kier molecular flexibility index (Phi) is 7.03. The van der Waals surface area contributed by atoms with Gasteiger partial charge in [0.25, 0.3) is 0 Å². The van der Waals surface area contributed by atoms with Gasteiger partial charge in [-0.1, -0.05) is 30.4 Å². The number of aromatic carboxylic acids is 1. The second-order valence-electron chi connectivity index (χ2n) is 8.53. The number of aromatic nitrogens is 1. The zero-order valence-electron chi connectivity index (χ0n) is 19.3. The maximum Gasteiger partial charge on any atom is 0.416 e. The summed E-state index contributed by atoms with van der Waals surface area (Å²) in [7, 11) is 0. The summed E-state index contributed by atoms with van der Waals surface area (Å²) in [6.45, 7) is 3.91. The normalized spacial score (nSPS) is 14.4. The van der Waals surface area contributed by atoms with E-state index in [2.05, 4.69) is 0 Å². The minimum Gasteiger partial charge on any atom is -0.477 e. The largest absolute Gasteiger partial charge is 0.477 e. The van der Waals surface area contributed by atoms with Crippen molar-refractivity contribution >= 4 is 39.8 Å². The Morgan fingerprint density at radius 2 is 1.81 bits per heavy atom. The first-order valence-corrected chi connectivity index (χ1v) is 11.7. The second-order valence-corrected chi connectivity index (χ2v) is 9.00. The molecule has 1 aromatic heterocycles. The van der Waals surface area contributed by atoms with Gasteiger partial charge in [0.15, 0.2) is 0 Å². The topological polar surface area (TPSA) is 65.8 Å². The highest BCUT2D eigenvalue weighted by molar-refractivity contribution is 7.80. The van der Waals surface area contributed by atoms with Crippen LogP contribution in [0.1, 0.15) is 28.4 Å². The lowest BCUT2D eigenvalue weighted by Crippen LogP contribution is -2.49. The Morgan fingerprint density at radius 1 is 1.11 bits per heavy atom. The van der Waals surface area contributed by atoms with E-state index in [9.17, 15) is 27.9 Å². The molecule has 6 nitrogen and oxygen atoms in total. The van der Waals surface area contributed by atoms with Crippen molar-refractivity contribution in [1.29, 1.82) is 0 Å². The van der Waals surface area contributed by atoms with Gasteiger partial charge in [-0.2, -0.15) is 13.2 Å². The minimum absolute atomic E-state index is 0.00102. The number of fused-ring (bicyclic) bond motifs is 1. The molecule has 0 unspecified atom stereocenters. The molecule has 1 aliphatic rings. The quantitative estimate of drug-likeness (QED) is 0.392. The Balaban J connectivity index is 1.51. The number of carboxylic acids is 1. The Labute approximate surface area is 209 Å². The number of nitrogens with zero attached hydrogens (tertiary/aromatic N) is 3. The van der Waals surface area contributed by atoms with E-state index < -0.39 is 34.5 Å². The number of halogens is 4. The number of carbonyl (C=O) groups is 1. The van der Waals surface area contributed by atoms with E-state index in [1.54, 1.807) is 23.6 Å². The second kappa shape index (κ2) is 9.88. The molecule has 0 bridgehead atoms. The van der Waals surface area contributed by atoms with Crippen LogP contribution in [0.2, 0.25) is 0 Å². The predicted octanol–water partition coefficient (Wildman–Crippen LogP) is 4.57. The fraction of sp³-hybridized carbons (Fsp3) is 0.320. The summed E-state index contributed by atoms with van der Waals surface area (Å²) in [6, 6.07) is 7.70. The zero-order chi connectivity index (χ0) is 26.2. The SMILES string of the molecule is CCn1cc(C(=O)O)c(=O)c2cc(F)c(N3CCN(C(=S)Cc4cccc(C(F)(F)F)c4)CC3)cc21. The highest BCUT2D eigenvalue weighted by Gasteiger charge is 2.30. The summed E-state index contributed by atoms with van der Waals surface area (Å²) in [5, 5.41) is 9.30. The number of piperazine rings is 1. The molecule has 190 valence electrons. The van der Waals surface area contributed by atoms with Gasteiger partial charge >= 0.3 is 12.1 Å². The molecule has 0 radical (unpaired) electrons. The van der Waals surface area contributed by atoms with Crippen molar-refractivity contribution < 1.29 is 27.5 Å². The molecule has 0 spiro atoms. The van der Waals surface area contributed by atoms with Crippen LogP contribution in [0.5, 0.6) is 0 Å². The third kappa shape index (κ3) is 5.06. The summed E-state index contributed by atoms with van der Waals surface area (Å²) in [4.78, 5) is 28.2. The van der Waals surface area contributed by atoms with Gasteiger partial charge < -0.3 is 19.5 Å². The summed E-state index contributed by atoms with van der Waals surface area (Å²) in [5.41, 5.74) is -0.685. The van der Waals surface area contributed by atoms with Gasteiger partial charge in [-0.05, 0) is 30.7 Å². The van der Waals surface area contributed by atoms with Gasteiger partial charge in [0.05, 0.1) is 21.8 Å². The van der Waals surface area contributed by atoms with Crippen LogP contribution in [0.3, 0.4) is 0 Å². The molecule has 3 aromatic rings. The molecule has 4 rings (SSSR count). The average Bonchev–Trinajstić information content (AvgIpc) is 2.84. The van der Waals surface area contributed by atoms with Crippen molar-refractivity contribution in [3.05, 3.63) is 75.3 Å². The van der Waals surface area contributed by atoms with Crippen LogP contribution in [0.25, 0.3) is 10.9 Å². The maximum absolute atomic E-state index is 15.1. The lowest BCUT2D eigenvalue weighted by molar-refractivity contribution is -0.137. The number of carboxylic acid groups (broad SMARTS) is 1. The van der Waals surface area contributed by atoms with Crippen molar-refractivity contribution in [2.45, 2.75) is 26.1 Å². The van der Waals surface area contributed by atoms with Crippen molar-refractivity contribution in [3.8, 4) is 0 Å². The maximum atomic E-state index is 15.1. The van der Waals surface area contributed by atoms with Crippen LogP contribution < -0.4 is 10.3 Å². The summed E-state index contributed by atoms with van der Waals surface area (Å²) in [5.74, 6) is -2.00. The molecule has 2 heterocycles. The average molecular weight is 522 g/mol. The number of rotatable bonds is 5. The van der Waals surface area contributed by atoms with E-state index in [4.69, 9.17) is 12.2 Å². The number of aryl methyl sites for hydroxylation is 1. The number of hydrogen-bond acceptors (Lipinski definition) is 4. The van der Waals surface area contributed by atoms with Crippen molar-refractivity contribution in [3.63, 3.8) is 0 Å². The molecule has 1 fully saturated rings. The van der Waals surface area contributed by atoms with E-state index in [1.807, 2.05) is 9.80 Å². The molecule has 1 N–H and O–H groups in total. The molecule has 36 heavy (non-hydrogen) atoms. The van der Waals surface area contributed by atoms with Crippen molar-refractivity contribution in [2.75, 3.05) is 31.1 Å². The van der Waals surface area contributed by atoms with Gasteiger partial charge in [0.2, 0.25) is 5.43 Å². The van der Waals surface area contributed by atoms with Gasteiger partial charge in [-0.3, -0.25) is 4.79 Å². The van der Waals surface area contributed by atoms with E-state index in [0.29, 0.717) is 48.8 Å². The Morgan fingerprint density at radius 3 is 2.42 bits per heavy atom. The molecule has 1 saturated heterocycles. The van der Waals surface area contributed by atoms with Crippen LogP contribution in [-0.2, 0) is 19.1 Å². The molecule has 2 aromatic carbocycles. The number of benzene rings is 2. The number of hydrogen-bond donors (Lipinski definition) is 1. The number of pyridine rings is 1. The van der Waals surface area contributed by atoms with Crippen LogP contribution in [0.15, 0.2) is 47.4 Å². The highest BCUT2D eigenvalue weighted by atomic mass is 32.1. The smallest absolute Gasteiger partial charge is 0.416 e. The fourth-order valence-corrected chi connectivity index (χ4v) is 4.75. The van der Waals surface area contributed by atoms with Crippen LogP contribution in [0, 0.1) is 5.82 Å². The van der Waals surface area contributed by atoms with Crippen molar-refractivity contribution in [1.82, 2.24) is 9.47 Å². The number of anilines is 1. The molecule has 1 aliphatic heterocycles. The van der Waals surface area contributed by atoms with Crippen LogP contribution in [0.4, 0.5) is 23.2 Å². The Bertz CT molecular complexity index is 1400. The van der Waals surface area contributed by atoms with E-state index >= 15 is 4.39 Å². The minimum atomic E-state index is -4.43. The molecular weight excluding hydrogens is 498 g/mol. The first-order valence-electron chi connectivity index (χ1n) is 11.3. The zero-order valence-corrected chi connectivity index (χ0v) is 20.1. The first kappa shape index (κ1) is 25.6. The van der Waals surface area contributed by atoms with E-state index in [0.717, 1.165) is 18.2 Å². The van der Waals surface area contributed by atoms with Crippen LogP contribution >= 0.6 is 12.2 Å². The number of alkyl halides is 3. The molecule has 0 amide bonds. The lowest BCUT2D eigenvalue weighted by atomic mass is 10.1.